The van der Waals surface area contributed by atoms with E-state index >= 15 is 0 Å². The molecule has 1 rings (SSSR count). The first kappa shape index (κ1) is 23.5. The lowest BCUT2D eigenvalue weighted by atomic mass is 10.1. The molecule has 0 heterocycles. The summed E-state index contributed by atoms with van der Waals surface area (Å²) in [4.78, 5) is 11.7. The van der Waals surface area contributed by atoms with Crippen molar-refractivity contribution in [3.8, 4) is 11.5 Å². The van der Waals surface area contributed by atoms with Gasteiger partial charge in [0.2, 0.25) is 0 Å². The van der Waals surface area contributed by atoms with E-state index in [4.69, 9.17) is 14.9 Å². The standard InChI is InChI=1S/C13H18O5.C3H8.C2H6/c1-13(2,5-6-14)18-12(17)8-9-3-4-10(15)11(16)7-9;1-3-2;1-2/h3-4,7,14-16H,5-6,8H2,1-2H3;3H2,1-2H3;1-2H3. The van der Waals surface area contributed by atoms with Crippen molar-refractivity contribution in [2.24, 2.45) is 0 Å². The minimum atomic E-state index is -0.717. The van der Waals surface area contributed by atoms with Crippen molar-refractivity contribution in [2.45, 2.75) is 66.4 Å². The molecule has 5 nitrogen and oxygen atoms in total. The highest BCUT2D eigenvalue weighted by atomic mass is 16.6. The molecule has 0 fully saturated rings. The Labute approximate surface area is 139 Å². The first-order valence-corrected chi connectivity index (χ1v) is 8.09. The second-order valence-electron chi connectivity index (χ2n) is 5.41. The Morgan fingerprint density at radius 2 is 1.65 bits per heavy atom. The molecule has 5 heteroatoms. The first-order valence-electron chi connectivity index (χ1n) is 8.09. The second kappa shape index (κ2) is 12.8. The van der Waals surface area contributed by atoms with Crippen LogP contribution in [-0.4, -0.2) is 33.5 Å². The third kappa shape index (κ3) is 11.5. The summed E-state index contributed by atoms with van der Waals surface area (Å²) >= 11 is 0. The van der Waals surface area contributed by atoms with Crippen molar-refractivity contribution in [3.63, 3.8) is 0 Å². The molecular weight excluding hydrogens is 296 g/mol. The monoisotopic (exact) mass is 328 g/mol. The Balaban J connectivity index is 0. The van der Waals surface area contributed by atoms with Crippen molar-refractivity contribution in [1.82, 2.24) is 0 Å². The zero-order valence-electron chi connectivity index (χ0n) is 15.2. The van der Waals surface area contributed by atoms with Crippen LogP contribution in [0.5, 0.6) is 11.5 Å². The molecule has 0 aliphatic heterocycles. The summed E-state index contributed by atoms with van der Waals surface area (Å²) in [5, 5.41) is 27.3. The number of rotatable bonds is 5. The Kier molecular flexibility index (Phi) is 13.0. The first-order chi connectivity index (χ1) is 10.8. The van der Waals surface area contributed by atoms with Crippen LogP contribution >= 0.6 is 0 Å². The maximum atomic E-state index is 11.7. The molecule has 0 saturated heterocycles. The van der Waals surface area contributed by atoms with E-state index in [0.717, 1.165) is 0 Å². The Morgan fingerprint density at radius 1 is 1.13 bits per heavy atom. The van der Waals surface area contributed by atoms with Gasteiger partial charge in [0.1, 0.15) is 5.60 Å². The van der Waals surface area contributed by atoms with Crippen LogP contribution in [0.4, 0.5) is 0 Å². The van der Waals surface area contributed by atoms with E-state index in [0.29, 0.717) is 12.0 Å². The van der Waals surface area contributed by atoms with Gasteiger partial charge in [0.15, 0.2) is 11.5 Å². The van der Waals surface area contributed by atoms with Crippen molar-refractivity contribution in [1.29, 1.82) is 0 Å². The maximum absolute atomic E-state index is 11.7. The van der Waals surface area contributed by atoms with Crippen molar-refractivity contribution in [3.05, 3.63) is 23.8 Å². The molecule has 1 aromatic rings. The lowest BCUT2D eigenvalue weighted by Gasteiger charge is -2.24. The molecule has 0 aromatic heterocycles. The lowest BCUT2D eigenvalue weighted by Crippen LogP contribution is -2.29. The second-order valence-corrected chi connectivity index (χ2v) is 5.41. The Morgan fingerprint density at radius 3 is 2.09 bits per heavy atom. The summed E-state index contributed by atoms with van der Waals surface area (Å²) in [6.45, 7) is 11.6. The molecule has 0 amide bonds. The van der Waals surface area contributed by atoms with Gasteiger partial charge in [-0.05, 0) is 31.5 Å². The van der Waals surface area contributed by atoms with Gasteiger partial charge >= 0.3 is 5.97 Å². The summed E-state index contributed by atoms with van der Waals surface area (Å²) in [7, 11) is 0. The van der Waals surface area contributed by atoms with Gasteiger partial charge in [-0.1, -0.05) is 40.2 Å². The number of aliphatic hydroxyl groups is 1. The quantitative estimate of drug-likeness (QED) is 0.565. The highest BCUT2D eigenvalue weighted by Crippen LogP contribution is 2.25. The fraction of sp³-hybridized carbons (Fsp3) is 0.611. The van der Waals surface area contributed by atoms with Gasteiger partial charge in [-0.15, -0.1) is 0 Å². The van der Waals surface area contributed by atoms with Crippen LogP contribution < -0.4 is 0 Å². The van der Waals surface area contributed by atoms with Crippen molar-refractivity contribution >= 4 is 5.97 Å². The van der Waals surface area contributed by atoms with E-state index in [-0.39, 0.29) is 24.5 Å². The molecule has 1 aromatic carbocycles. The molecule has 0 atom stereocenters. The van der Waals surface area contributed by atoms with Crippen LogP contribution in [0, 0.1) is 0 Å². The Hall–Kier alpha value is -1.75. The summed E-state index contributed by atoms with van der Waals surface area (Å²) in [5.41, 5.74) is -0.166. The van der Waals surface area contributed by atoms with Crippen LogP contribution in [0.25, 0.3) is 0 Å². The van der Waals surface area contributed by atoms with E-state index in [1.807, 2.05) is 13.8 Å². The number of hydrogen-bond acceptors (Lipinski definition) is 5. The largest absolute Gasteiger partial charge is 0.504 e. The maximum Gasteiger partial charge on any atom is 0.310 e. The smallest absolute Gasteiger partial charge is 0.310 e. The van der Waals surface area contributed by atoms with Gasteiger partial charge in [-0.25, -0.2) is 0 Å². The molecule has 0 bridgehead atoms. The molecule has 134 valence electrons. The highest BCUT2D eigenvalue weighted by molar-refractivity contribution is 5.73. The SMILES string of the molecule is CC.CC(C)(CCO)OC(=O)Cc1ccc(O)c(O)c1.CCC. The molecule has 0 saturated carbocycles. The summed E-state index contributed by atoms with van der Waals surface area (Å²) in [5.74, 6) is -0.943. The van der Waals surface area contributed by atoms with Crippen LogP contribution in [0.2, 0.25) is 0 Å². The van der Waals surface area contributed by atoms with Gasteiger partial charge in [0, 0.05) is 13.0 Å². The van der Waals surface area contributed by atoms with Crippen LogP contribution in [0.15, 0.2) is 18.2 Å². The number of aliphatic hydroxyl groups excluding tert-OH is 1. The number of carbonyl (C=O) groups is 1. The number of hydrogen-bond donors (Lipinski definition) is 3. The van der Waals surface area contributed by atoms with E-state index in [9.17, 15) is 9.90 Å². The normalized spacial score (nSPS) is 9.87. The predicted molar refractivity (Wildman–Crippen MR) is 92.7 cm³/mol. The van der Waals surface area contributed by atoms with Gasteiger partial charge in [-0.2, -0.15) is 0 Å². The number of benzene rings is 1. The minimum Gasteiger partial charge on any atom is -0.504 e. The predicted octanol–water partition coefficient (Wildman–Crippen LogP) is 3.79. The molecule has 0 unspecified atom stereocenters. The van der Waals surface area contributed by atoms with E-state index in [2.05, 4.69) is 13.8 Å². The lowest BCUT2D eigenvalue weighted by molar-refractivity contribution is -0.156. The van der Waals surface area contributed by atoms with E-state index in [1.54, 1.807) is 13.8 Å². The molecule has 0 radical (unpaired) electrons. The van der Waals surface area contributed by atoms with Crippen molar-refractivity contribution in [2.75, 3.05) is 6.61 Å². The third-order valence-corrected chi connectivity index (χ3v) is 2.49. The molecule has 23 heavy (non-hydrogen) atoms. The molecule has 0 spiro atoms. The Bertz CT molecular complexity index is 441. The zero-order chi connectivity index (χ0) is 18.5. The van der Waals surface area contributed by atoms with Gasteiger partial charge < -0.3 is 20.1 Å². The van der Waals surface area contributed by atoms with E-state index in [1.165, 1.54) is 24.6 Å². The topological polar surface area (TPSA) is 87.0 Å². The number of aromatic hydroxyl groups is 2. The van der Waals surface area contributed by atoms with Gasteiger partial charge in [0.25, 0.3) is 0 Å². The van der Waals surface area contributed by atoms with Crippen LogP contribution in [0.1, 0.15) is 59.9 Å². The number of phenols is 2. The average Bonchev–Trinajstić information content (AvgIpc) is 2.45. The van der Waals surface area contributed by atoms with Gasteiger partial charge in [-0.3, -0.25) is 4.79 Å². The molecule has 0 aliphatic rings. The summed E-state index contributed by atoms with van der Waals surface area (Å²) in [6, 6.07) is 4.17. The number of esters is 1. The number of ether oxygens (including phenoxy) is 1. The van der Waals surface area contributed by atoms with E-state index < -0.39 is 11.6 Å². The number of phenolic OH excluding ortho intramolecular Hbond substituents is 2. The summed E-state index contributed by atoms with van der Waals surface area (Å²) < 4.78 is 5.21. The average molecular weight is 328 g/mol. The van der Waals surface area contributed by atoms with Crippen LogP contribution in [0.3, 0.4) is 0 Å². The van der Waals surface area contributed by atoms with Gasteiger partial charge in [0.05, 0.1) is 6.42 Å². The zero-order valence-corrected chi connectivity index (χ0v) is 15.2. The molecule has 3 N–H and O–H groups in total. The highest BCUT2D eigenvalue weighted by Gasteiger charge is 2.22. The van der Waals surface area contributed by atoms with Crippen LogP contribution in [-0.2, 0) is 16.0 Å². The fourth-order valence-electron chi connectivity index (χ4n) is 1.51. The van der Waals surface area contributed by atoms with Crippen molar-refractivity contribution < 1.29 is 24.9 Å². The summed E-state index contributed by atoms with van der Waals surface area (Å²) in [6.07, 6.45) is 1.61. The molecular formula is C18H32O5. The molecule has 0 aliphatic carbocycles. The fourth-order valence-corrected chi connectivity index (χ4v) is 1.51. The number of carbonyl (C=O) groups excluding carboxylic acids is 1. The minimum absolute atomic E-state index is 0.00268. The third-order valence-electron chi connectivity index (χ3n) is 2.49.